The molecule has 3 heteroatoms. The average molecular weight is 249 g/mol. The van der Waals surface area contributed by atoms with E-state index in [9.17, 15) is 9.50 Å². The summed E-state index contributed by atoms with van der Waals surface area (Å²) in [7, 11) is 0. The summed E-state index contributed by atoms with van der Waals surface area (Å²) >= 11 is 0. The van der Waals surface area contributed by atoms with Crippen LogP contribution in [0.3, 0.4) is 0 Å². The summed E-state index contributed by atoms with van der Waals surface area (Å²) < 4.78 is 13.3. The smallest absolute Gasteiger partial charge is 0.220 e. The fraction of sp³-hybridized carbons (Fsp3) is 0.533. The molecule has 1 aromatic rings. The molecule has 0 radical (unpaired) electrons. The van der Waals surface area contributed by atoms with Crippen molar-refractivity contribution in [2.45, 2.75) is 45.1 Å². The molecule has 1 N–H and O–H groups in total. The summed E-state index contributed by atoms with van der Waals surface area (Å²) in [5, 5.41) is 10.4. The van der Waals surface area contributed by atoms with Crippen molar-refractivity contribution in [3.8, 4) is 0 Å². The molecule has 2 rings (SSSR count). The second kappa shape index (κ2) is 4.81. The van der Waals surface area contributed by atoms with E-state index in [2.05, 4.69) is 18.8 Å². The van der Waals surface area contributed by atoms with E-state index in [1.165, 1.54) is 6.20 Å². The van der Waals surface area contributed by atoms with E-state index in [1.807, 2.05) is 0 Å². The fourth-order valence-electron chi connectivity index (χ4n) is 2.29. The molecular weight excluding hydrogens is 229 g/mol. The first-order valence-corrected chi connectivity index (χ1v) is 6.42. The van der Waals surface area contributed by atoms with Crippen molar-refractivity contribution in [1.29, 1.82) is 0 Å². The molecule has 0 bridgehead atoms. The molecule has 0 saturated heterocycles. The van der Waals surface area contributed by atoms with Gasteiger partial charge in [0.25, 0.3) is 0 Å². The Bertz CT molecular complexity index is 444. The van der Waals surface area contributed by atoms with Crippen LogP contribution in [0, 0.1) is 11.4 Å². The zero-order chi connectivity index (χ0) is 13.2. The first kappa shape index (κ1) is 13.2. The summed E-state index contributed by atoms with van der Waals surface area (Å²) in [6.45, 7) is 4.44. The molecule has 1 fully saturated rings. The minimum Gasteiger partial charge on any atom is -0.386 e. The van der Waals surface area contributed by atoms with Crippen LogP contribution in [0.5, 0.6) is 0 Å². The zero-order valence-corrected chi connectivity index (χ0v) is 11.0. The maximum atomic E-state index is 13.3. The molecule has 98 valence electrons. The first-order chi connectivity index (χ1) is 8.40. The Kier molecular flexibility index (Phi) is 3.53. The third kappa shape index (κ3) is 3.16. The van der Waals surface area contributed by atoms with Gasteiger partial charge in [-0.15, -0.1) is 0 Å². The Morgan fingerprint density at radius 1 is 1.28 bits per heavy atom. The van der Waals surface area contributed by atoms with Crippen LogP contribution in [0.25, 0.3) is 6.08 Å². The van der Waals surface area contributed by atoms with Crippen LogP contribution in [0.4, 0.5) is 4.39 Å². The van der Waals surface area contributed by atoms with Crippen LogP contribution in [0.2, 0.25) is 0 Å². The van der Waals surface area contributed by atoms with Crippen LogP contribution in [-0.2, 0) is 0 Å². The molecule has 0 amide bonds. The topological polar surface area (TPSA) is 33.1 Å². The molecular formula is C15H20FNO. The van der Waals surface area contributed by atoms with E-state index in [-0.39, 0.29) is 0 Å². The molecule has 0 atom stereocenters. The number of rotatable bonds is 2. The zero-order valence-electron chi connectivity index (χ0n) is 11.0. The lowest BCUT2D eigenvalue weighted by molar-refractivity contribution is 0.0156. The van der Waals surface area contributed by atoms with Gasteiger partial charge in [-0.2, -0.15) is 4.39 Å². The third-order valence-corrected chi connectivity index (χ3v) is 3.83. The van der Waals surface area contributed by atoms with Gasteiger partial charge in [0.2, 0.25) is 5.95 Å². The Morgan fingerprint density at radius 3 is 2.56 bits per heavy atom. The number of pyridine rings is 1. The van der Waals surface area contributed by atoms with Gasteiger partial charge in [-0.3, -0.25) is 0 Å². The quantitative estimate of drug-likeness (QED) is 0.813. The lowest BCUT2D eigenvalue weighted by atomic mass is 9.71. The number of hydrogen-bond acceptors (Lipinski definition) is 2. The Labute approximate surface area is 108 Å². The minimum atomic E-state index is -0.794. The van der Waals surface area contributed by atoms with Gasteiger partial charge in [0.15, 0.2) is 0 Å². The maximum absolute atomic E-state index is 13.3. The molecule has 0 aromatic carbocycles. The highest BCUT2D eigenvalue weighted by Crippen LogP contribution is 2.40. The Hall–Kier alpha value is -1.22. The molecule has 18 heavy (non-hydrogen) atoms. The van der Waals surface area contributed by atoms with Crippen molar-refractivity contribution < 1.29 is 9.50 Å². The fourth-order valence-corrected chi connectivity index (χ4v) is 2.29. The van der Waals surface area contributed by atoms with E-state index in [0.717, 1.165) is 25.7 Å². The molecule has 1 aliphatic carbocycles. The Morgan fingerprint density at radius 2 is 1.94 bits per heavy atom. The van der Waals surface area contributed by atoms with Crippen molar-refractivity contribution in [1.82, 2.24) is 4.98 Å². The van der Waals surface area contributed by atoms with Gasteiger partial charge in [0.05, 0.1) is 5.60 Å². The van der Waals surface area contributed by atoms with Gasteiger partial charge in [-0.25, -0.2) is 4.98 Å². The minimum absolute atomic E-state index is 0.305. The third-order valence-electron chi connectivity index (χ3n) is 3.83. The van der Waals surface area contributed by atoms with Gasteiger partial charge in [-0.05, 0) is 43.2 Å². The van der Waals surface area contributed by atoms with Crippen molar-refractivity contribution in [2.24, 2.45) is 5.41 Å². The van der Waals surface area contributed by atoms with Crippen LogP contribution in [0.15, 0.2) is 24.4 Å². The highest BCUT2D eigenvalue weighted by atomic mass is 19.1. The van der Waals surface area contributed by atoms with E-state index in [0.29, 0.717) is 11.0 Å². The molecule has 1 saturated carbocycles. The summed E-state index contributed by atoms with van der Waals surface area (Å²) in [6.07, 6.45) is 8.23. The molecule has 1 aliphatic rings. The highest BCUT2D eigenvalue weighted by molar-refractivity contribution is 5.49. The second-order valence-electron chi connectivity index (χ2n) is 5.98. The van der Waals surface area contributed by atoms with Gasteiger partial charge < -0.3 is 5.11 Å². The normalized spacial score (nSPS) is 22.2. The molecule has 0 aliphatic heterocycles. The van der Waals surface area contributed by atoms with Crippen molar-refractivity contribution in [2.75, 3.05) is 0 Å². The first-order valence-electron chi connectivity index (χ1n) is 6.42. The number of aromatic nitrogens is 1. The van der Waals surface area contributed by atoms with Crippen LogP contribution >= 0.6 is 0 Å². The number of nitrogens with zero attached hydrogens (tertiary/aromatic N) is 1. The molecule has 1 aromatic heterocycles. The number of halogens is 1. The lowest BCUT2D eigenvalue weighted by Crippen LogP contribution is -2.34. The van der Waals surface area contributed by atoms with Gasteiger partial charge >= 0.3 is 0 Å². The van der Waals surface area contributed by atoms with Crippen molar-refractivity contribution in [3.63, 3.8) is 0 Å². The predicted octanol–water partition coefficient (Wildman–Crippen LogP) is 3.57. The second-order valence-corrected chi connectivity index (χ2v) is 5.98. The van der Waals surface area contributed by atoms with Gasteiger partial charge in [0.1, 0.15) is 0 Å². The number of hydrogen-bond donors (Lipinski definition) is 1. The average Bonchev–Trinajstić information content (AvgIpc) is 2.33. The largest absolute Gasteiger partial charge is 0.386 e. The number of aliphatic hydroxyl groups is 1. The van der Waals surface area contributed by atoms with Crippen LogP contribution in [-0.4, -0.2) is 15.7 Å². The monoisotopic (exact) mass is 249 g/mol. The van der Waals surface area contributed by atoms with Crippen molar-refractivity contribution in [3.05, 3.63) is 35.9 Å². The lowest BCUT2D eigenvalue weighted by Gasteiger charge is -2.38. The maximum Gasteiger partial charge on any atom is 0.220 e. The molecule has 1 heterocycles. The standard InChI is InChI=1S/C15H20FNO/c1-14(2)7-9-15(18,10-8-14)6-5-12-4-3-11-17-13(12)16/h3-6,11,18H,7-10H2,1-2H3. The van der Waals surface area contributed by atoms with Crippen LogP contribution in [0.1, 0.15) is 45.1 Å². The summed E-state index contributed by atoms with van der Waals surface area (Å²) in [4.78, 5) is 3.59. The van der Waals surface area contributed by atoms with E-state index < -0.39 is 11.5 Å². The van der Waals surface area contributed by atoms with E-state index in [4.69, 9.17) is 0 Å². The van der Waals surface area contributed by atoms with Crippen molar-refractivity contribution >= 4 is 6.08 Å². The highest BCUT2D eigenvalue weighted by Gasteiger charge is 2.34. The predicted molar refractivity (Wildman–Crippen MR) is 70.4 cm³/mol. The van der Waals surface area contributed by atoms with E-state index >= 15 is 0 Å². The SMILES string of the molecule is CC1(C)CCC(O)(C=Cc2cccnc2F)CC1. The Balaban J connectivity index is 2.08. The summed E-state index contributed by atoms with van der Waals surface area (Å²) in [5.74, 6) is -0.492. The summed E-state index contributed by atoms with van der Waals surface area (Å²) in [6, 6.07) is 3.35. The van der Waals surface area contributed by atoms with Gasteiger partial charge in [-0.1, -0.05) is 26.0 Å². The van der Waals surface area contributed by atoms with Gasteiger partial charge in [0, 0.05) is 11.8 Å². The van der Waals surface area contributed by atoms with Crippen LogP contribution < -0.4 is 0 Å². The molecule has 2 nitrogen and oxygen atoms in total. The molecule has 0 spiro atoms. The molecule has 0 unspecified atom stereocenters. The van der Waals surface area contributed by atoms with E-state index in [1.54, 1.807) is 24.3 Å². The summed E-state index contributed by atoms with van der Waals surface area (Å²) in [5.41, 5.74) is -0.0620.